The predicted octanol–water partition coefficient (Wildman–Crippen LogP) is 1.32. The minimum Gasteiger partial charge on any atom is -0.363 e. The van der Waals surface area contributed by atoms with Gasteiger partial charge < -0.3 is 4.90 Å². The van der Waals surface area contributed by atoms with Gasteiger partial charge in [0.2, 0.25) is 0 Å². The van der Waals surface area contributed by atoms with Crippen LogP contribution in [0, 0.1) is 0 Å². The Morgan fingerprint density at radius 1 is 1.47 bits per heavy atom. The molecule has 17 heavy (non-hydrogen) atoms. The minimum absolute atomic E-state index is 0.0878. The molecule has 0 bridgehead atoms. The third kappa shape index (κ3) is 2.74. The van der Waals surface area contributed by atoms with Gasteiger partial charge in [-0.1, -0.05) is 0 Å². The molecule has 2 heterocycles. The van der Waals surface area contributed by atoms with Crippen LogP contribution in [0.4, 0.5) is 5.82 Å². The topological polar surface area (TPSA) is 45.7 Å². The van der Waals surface area contributed by atoms with E-state index in [0.717, 1.165) is 18.7 Å². The number of hydrogen-bond donors (Lipinski definition) is 0. The van der Waals surface area contributed by atoms with E-state index in [-0.39, 0.29) is 5.91 Å². The molecule has 0 radical (unpaired) electrons. The monoisotopic (exact) mass is 235 g/mol. The van der Waals surface area contributed by atoms with Gasteiger partial charge in [0, 0.05) is 32.4 Å². The van der Waals surface area contributed by atoms with Crippen LogP contribution in [0.3, 0.4) is 0 Å². The van der Waals surface area contributed by atoms with Gasteiger partial charge in [0.25, 0.3) is 5.91 Å². The molecule has 0 atom stereocenters. The van der Waals surface area contributed by atoms with Gasteiger partial charge in [-0.2, -0.15) is 0 Å². The number of carbonyl (C=O) groups excluding carboxylic acids is 1. The molecule has 1 aromatic heterocycles. The van der Waals surface area contributed by atoms with Crippen molar-refractivity contribution in [3.63, 3.8) is 0 Å². The fourth-order valence-electron chi connectivity index (χ4n) is 1.70. The number of carbonyl (C=O) groups is 1. The van der Waals surface area contributed by atoms with Gasteiger partial charge in [-0.15, -0.1) is 0 Å². The summed E-state index contributed by atoms with van der Waals surface area (Å²) >= 11 is 0. The largest absolute Gasteiger partial charge is 0.363 e. The Balaban J connectivity index is 2.15. The standard InChI is InChI=1S/C12H17N3O2/c1-14(2)11-9-10(5-6-13-11)12(16)15-7-3-4-8-17-15/h5-6,9H,3-4,7-8H2,1-2H3. The summed E-state index contributed by atoms with van der Waals surface area (Å²) < 4.78 is 0. The molecule has 1 aromatic rings. The van der Waals surface area contributed by atoms with Gasteiger partial charge >= 0.3 is 0 Å². The van der Waals surface area contributed by atoms with Gasteiger partial charge in [0.1, 0.15) is 5.82 Å². The highest BCUT2D eigenvalue weighted by molar-refractivity contribution is 5.94. The van der Waals surface area contributed by atoms with Crippen LogP contribution >= 0.6 is 0 Å². The summed E-state index contributed by atoms with van der Waals surface area (Å²) in [5.41, 5.74) is 0.616. The molecule has 2 rings (SSSR count). The Kier molecular flexibility index (Phi) is 3.58. The molecule has 5 nitrogen and oxygen atoms in total. The summed E-state index contributed by atoms with van der Waals surface area (Å²) in [4.78, 5) is 23.5. The average molecular weight is 235 g/mol. The third-order valence-electron chi connectivity index (χ3n) is 2.68. The number of nitrogens with zero attached hydrogens (tertiary/aromatic N) is 3. The number of pyridine rings is 1. The molecule has 0 spiro atoms. The lowest BCUT2D eigenvalue weighted by atomic mass is 10.2. The molecule has 1 aliphatic heterocycles. The summed E-state index contributed by atoms with van der Waals surface area (Å²) in [6, 6.07) is 3.49. The summed E-state index contributed by atoms with van der Waals surface area (Å²) in [5.74, 6) is 0.683. The quantitative estimate of drug-likeness (QED) is 0.775. The lowest BCUT2D eigenvalue weighted by Crippen LogP contribution is -2.35. The van der Waals surface area contributed by atoms with Crippen LogP contribution < -0.4 is 4.90 Å². The highest BCUT2D eigenvalue weighted by atomic mass is 16.7. The van der Waals surface area contributed by atoms with E-state index in [4.69, 9.17) is 4.84 Å². The zero-order chi connectivity index (χ0) is 12.3. The lowest BCUT2D eigenvalue weighted by molar-refractivity contribution is -0.144. The number of rotatable bonds is 2. The maximum Gasteiger partial charge on any atom is 0.277 e. The molecule has 0 unspecified atom stereocenters. The molecule has 5 heteroatoms. The van der Waals surface area contributed by atoms with E-state index in [9.17, 15) is 4.79 Å². The van der Waals surface area contributed by atoms with Crippen molar-refractivity contribution in [1.82, 2.24) is 10.0 Å². The van der Waals surface area contributed by atoms with Gasteiger partial charge in [-0.25, -0.2) is 10.0 Å². The number of amides is 1. The van der Waals surface area contributed by atoms with Crippen molar-refractivity contribution in [3.05, 3.63) is 23.9 Å². The van der Waals surface area contributed by atoms with Gasteiger partial charge in [-0.3, -0.25) is 9.63 Å². The Labute approximate surface area is 101 Å². The van der Waals surface area contributed by atoms with Crippen LogP contribution in [0.15, 0.2) is 18.3 Å². The maximum absolute atomic E-state index is 12.1. The predicted molar refractivity (Wildman–Crippen MR) is 64.8 cm³/mol. The number of hydroxylamine groups is 2. The molecule has 0 saturated carbocycles. The van der Waals surface area contributed by atoms with Crippen LogP contribution in [-0.4, -0.2) is 43.2 Å². The molecule has 1 amide bonds. The smallest absolute Gasteiger partial charge is 0.277 e. The van der Waals surface area contributed by atoms with Gasteiger partial charge in [0.15, 0.2) is 0 Å². The highest BCUT2D eigenvalue weighted by Crippen LogP contribution is 2.14. The van der Waals surface area contributed by atoms with Crippen LogP contribution in [0.1, 0.15) is 23.2 Å². The Hall–Kier alpha value is -1.62. The van der Waals surface area contributed by atoms with E-state index in [0.29, 0.717) is 18.7 Å². The van der Waals surface area contributed by atoms with Crippen molar-refractivity contribution in [1.29, 1.82) is 0 Å². The number of aromatic nitrogens is 1. The van der Waals surface area contributed by atoms with E-state index in [2.05, 4.69) is 4.98 Å². The van der Waals surface area contributed by atoms with Gasteiger partial charge in [0.05, 0.1) is 6.61 Å². The normalized spacial score (nSPS) is 15.8. The summed E-state index contributed by atoms with van der Waals surface area (Å²) in [7, 11) is 3.79. The van der Waals surface area contributed by atoms with Crippen molar-refractivity contribution in [2.75, 3.05) is 32.1 Å². The Morgan fingerprint density at radius 2 is 2.29 bits per heavy atom. The van der Waals surface area contributed by atoms with E-state index in [1.165, 1.54) is 5.06 Å². The van der Waals surface area contributed by atoms with Crippen LogP contribution in [0.5, 0.6) is 0 Å². The molecule has 1 saturated heterocycles. The van der Waals surface area contributed by atoms with Gasteiger partial charge in [-0.05, 0) is 25.0 Å². The van der Waals surface area contributed by atoms with Crippen molar-refractivity contribution in [2.24, 2.45) is 0 Å². The van der Waals surface area contributed by atoms with Crippen molar-refractivity contribution in [2.45, 2.75) is 12.8 Å². The average Bonchev–Trinajstić information content (AvgIpc) is 2.39. The first kappa shape index (κ1) is 11.9. The first-order valence-corrected chi connectivity index (χ1v) is 5.76. The summed E-state index contributed by atoms with van der Waals surface area (Å²) in [6.45, 7) is 1.29. The SMILES string of the molecule is CN(C)c1cc(C(=O)N2CCCCO2)ccn1. The van der Waals surface area contributed by atoms with E-state index in [1.54, 1.807) is 18.3 Å². The highest BCUT2D eigenvalue weighted by Gasteiger charge is 2.19. The van der Waals surface area contributed by atoms with Crippen molar-refractivity contribution < 1.29 is 9.63 Å². The molecule has 0 aromatic carbocycles. The molecule has 1 fully saturated rings. The second kappa shape index (κ2) is 5.14. The van der Waals surface area contributed by atoms with E-state index in [1.807, 2.05) is 19.0 Å². The number of anilines is 1. The Morgan fingerprint density at radius 3 is 2.94 bits per heavy atom. The van der Waals surface area contributed by atoms with E-state index < -0.39 is 0 Å². The molecule has 1 aliphatic rings. The van der Waals surface area contributed by atoms with Crippen molar-refractivity contribution in [3.8, 4) is 0 Å². The summed E-state index contributed by atoms with van der Waals surface area (Å²) in [5, 5.41) is 1.44. The Bertz CT molecular complexity index is 400. The first-order chi connectivity index (χ1) is 8.18. The minimum atomic E-state index is -0.0878. The molecular weight excluding hydrogens is 218 g/mol. The number of hydrogen-bond acceptors (Lipinski definition) is 4. The van der Waals surface area contributed by atoms with Crippen LogP contribution in [0.25, 0.3) is 0 Å². The fraction of sp³-hybridized carbons (Fsp3) is 0.500. The first-order valence-electron chi connectivity index (χ1n) is 5.76. The molecule has 0 N–H and O–H groups in total. The second-order valence-corrected chi connectivity index (χ2v) is 4.24. The lowest BCUT2D eigenvalue weighted by Gasteiger charge is -2.26. The molecular formula is C12H17N3O2. The zero-order valence-electron chi connectivity index (χ0n) is 10.2. The third-order valence-corrected chi connectivity index (χ3v) is 2.68. The van der Waals surface area contributed by atoms with Crippen LogP contribution in [0.2, 0.25) is 0 Å². The van der Waals surface area contributed by atoms with Crippen LogP contribution in [-0.2, 0) is 4.84 Å². The fourth-order valence-corrected chi connectivity index (χ4v) is 1.70. The van der Waals surface area contributed by atoms with Crippen molar-refractivity contribution >= 4 is 11.7 Å². The molecule has 0 aliphatic carbocycles. The zero-order valence-corrected chi connectivity index (χ0v) is 10.2. The van der Waals surface area contributed by atoms with E-state index >= 15 is 0 Å². The molecule has 92 valence electrons. The summed E-state index contributed by atoms with van der Waals surface area (Å²) in [6.07, 6.45) is 3.66. The second-order valence-electron chi connectivity index (χ2n) is 4.24. The maximum atomic E-state index is 12.1.